The molecule has 1 saturated carbocycles. The molecule has 1 aliphatic carbocycles. The number of urea groups is 1. The zero-order chi connectivity index (χ0) is 16.9. The highest BCUT2D eigenvalue weighted by Crippen LogP contribution is 2.22. The maximum atomic E-state index is 12.0. The molecule has 1 atom stereocenters. The maximum Gasteiger partial charge on any atom is 0.414 e. The molecular formula is C18H25N3O3. The van der Waals surface area contributed by atoms with Gasteiger partial charge in [-0.3, -0.25) is 4.90 Å². The summed E-state index contributed by atoms with van der Waals surface area (Å²) in [5.41, 5.74) is 1.96. The van der Waals surface area contributed by atoms with E-state index in [4.69, 9.17) is 4.74 Å². The van der Waals surface area contributed by atoms with Crippen LogP contribution in [0, 0.1) is 6.92 Å². The van der Waals surface area contributed by atoms with Gasteiger partial charge in [0.05, 0.1) is 13.1 Å². The first kappa shape index (κ1) is 16.6. The Morgan fingerprint density at radius 1 is 1.21 bits per heavy atom. The Labute approximate surface area is 142 Å². The molecule has 1 aromatic carbocycles. The first-order valence-electron chi connectivity index (χ1n) is 8.71. The van der Waals surface area contributed by atoms with E-state index in [1.165, 1.54) is 19.3 Å². The van der Waals surface area contributed by atoms with Crippen molar-refractivity contribution in [3.8, 4) is 0 Å². The van der Waals surface area contributed by atoms with Crippen molar-refractivity contribution in [2.75, 3.05) is 18.0 Å². The fourth-order valence-electron chi connectivity index (χ4n) is 3.25. The summed E-state index contributed by atoms with van der Waals surface area (Å²) in [6.07, 6.45) is 5.02. The third kappa shape index (κ3) is 4.19. The lowest BCUT2D eigenvalue weighted by Gasteiger charge is -2.23. The molecule has 1 saturated heterocycles. The van der Waals surface area contributed by atoms with Gasteiger partial charge in [0.2, 0.25) is 0 Å². The molecule has 0 bridgehead atoms. The standard InChI is InChI=1S/C18H25N3O3/c1-13-7-9-15(10-8-13)21-12-16(24-18(21)23)11-19-17(22)20-14-5-3-2-4-6-14/h7-10,14,16H,2-6,11-12H2,1H3,(H2,19,20,22)/t16-/m0/s1. The zero-order valence-electron chi connectivity index (χ0n) is 14.1. The van der Waals surface area contributed by atoms with E-state index in [-0.39, 0.29) is 24.3 Å². The maximum absolute atomic E-state index is 12.0. The predicted molar refractivity (Wildman–Crippen MR) is 92.2 cm³/mol. The number of aryl methyl sites for hydroxylation is 1. The van der Waals surface area contributed by atoms with Gasteiger partial charge in [-0.2, -0.15) is 0 Å². The number of cyclic esters (lactones) is 1. The first-order chi connectivity index (χ1) is 11.6. The molecule has 3 amide bonds. The van der Waals surface area contributed by atoms with Crippen LogP contribution in [0.1, 0.15) is 37.7 Å². The van der Waals surface area contributed by atoms with Crippen LogP contribution in [0.15, 0.2) is 24.3 Å². The molecule has 1 heterocycles. The monoisotopic (exact) mass is 331 g/mol. The summed E-state index contributed by atoms with van der Waals surface area (Å²) < 4.78 is 5.34. The minimum atomic E-state index is -0.363. The lowest BCUT2D eigenvalue weighted by Crippen LogP contribution is -2.45. The number of amides is 3. The van der Waals surface area contributed by atoms with Gasteiger partial charge in [-0.25, -0.2) is 9.59 Å². The van der Waals surface area contributed by atoms with Crippen LogP contribution >= 0.6 is 0 Å². The number of nitrogens with zero attached hydrogens (tertiary/aromatic N) is 1. The van der Waals surface area contributed by atoms with Crippen LogP contribution in [0.5, 0.6) is 0 Å². The molecule has 24 heavy (non-hydrogen) atoms. The number of carbonyl (C=O) groups excluding carboxylic acids is 2. The second kappa shape index (κ2) is 7.55. The van der Waals surface area contributed by atoms with E-state index in [2.05, 4.69) is 10.6 Å². The molecule has 3 rings (SSSR count). The van der Waals surface area contributed by atoms with Crippen LogP contribution in [0.2, 0.25) is 0 Å². The van der Waals surface area contributed by atoms with Gasteiger partial charge in [-0.15, -0.1) is 0 Å². The molecule has 6 nitrogen and oxygen atoms in total. The Morgan fingerprint density at radius 2 is 1.92 bits per heavy atom. The fourth-order valence-corrected chi connectivity index (χ4v) is 3.25. The number of benzene rings is 1. The van der Waals surface area contributed by atoms with Crippen LogP contribution in [-0.4, -0.2) is 37.4 Å². The highest BCUT2D eigenvalue weighted by molar-refractivity contribution is 5.89. The van der Waals surface area contributed by atoms with Crippen molar-refractivity contribution >= 4 is 17.8 Å². The molecule has 1 aliphatic heterocycles. The average Bonchev–Trinajstić information content (AvgIpc) is 2.95. The summed E-state index contributed by atoms with van der Waals surface area (Å²) in [5.74, 6) is 0. The van der Waals surface area contributed by atoms with E-state index in [9.17, 15) is 9.59 Å². The number of hydrogen-bond acceptors (Lipinski definition) is 3. The smallest absolute Gasteiger partial charge is 0.414 e. The number of carbonyl (C=O) groups is 2. The van der Waals surface area contributed by atoms with Crippen molar-refractivity contribution < 1.29 is 14.3 Å². The lowest BCUT2D eigenvalue weighted by atomic mass is 9.96. The Balaban J connectivity index is 1.45. The number of ether oxygens (including phenoxy) is 1. The van der Waals surface area contributed by atoms with Crippen LogP contribution in [0.4, 0.5) is 15.3 Å². The number of rotatable bonds is 4. The summed E-state index contributed by atoms with van der Waals surface area (Å²) >= 11 is 0. The Hall–Kier alpha value is -2.24. The Kier molecular flexibility index (Phi) is 5.23. The highest BCUT2D eigenvalue weighted by Gasteiger charge is 2.32. The summed E-state index contributed by atoms with van der Waals surface area (Å²) in [6, 6.07) is 7.84. The zero-order valence-corrected chi connectivity index (χ0v) is 14.1. The molecular weight excluding hydrogens is 306 g/mol. The fraction of sp³-hybridized carbons (Fsp3) is 0.556. The Bertz CT molecular complexity index is 582. The Morgan fingerprint density at radius 3 is 2.62 bits per heavy atom. The van der Waals surface area contributed by atoms with Crippen molar-refractivity contribution in [2.45, 2.75) is 51.2 Å². The van der Waals surface area contributed by atoms with Crippen LogP contribution in [0.25, 0.3) is 0 Å². The van der Waals surface area contributed by atoms with Crippen LogP contribution < -0.4 is 15.5 Å². The SMILES string of the molecule is Cc1ccc(N2C[C@H](CNC(=O)NC3CCCCC3)OC2=O)cc1. The number of nitrogens with one attached hydrogen (secondary N) is 2. The molecule has 0 radical (unpaired) electrons. The molecule has 6 heteroatoms. The summed E-state index contributed by atoms with van der Waals surface area (Å²) in [7, 11) is 0. The molecule has 0 spiro atoms. The van der Waals surface area contributed by atoms with Gasteiger partial charge in [0.1, 0.15) is 6.10 Å². The molecule has 2 fully saturated rings. The molecule has 2 aliphatic rings. The van der Waals surface area contributed by atoms with Crippen molar-refractivity contribution in [1.29, 1.82) is 0 Å². The van der Waals surface area contributed by atoms with E-state index in [0.29, 0.717) is 13.1 Å². The van der Waals surface area contributed by atoms with E-state index >= 15 is 0 Å². The number of anilines is 1. The van der Waals surface area contributed by atoms with Gasteiger partial charge in [-0.1, -0.05) is 37.0 Å². The van der Waals surface area contributed by atoms with Crippen molar-refractivity contribution in [2.24, 2.45) is 0 Å². The van der Waals surface area contributed by atoms with Crippen LogP contribution in [0.3, 0.4) is 0 Å². The third-order valence-electron chi connectivity index (χ3n) is 4.65. The van der Waals surface area contributed by atoms with Gasteiger partial charge in [0.15, 0.2) is 0 Å². The third-order valence-corrected chi connectivity index (χ3v) is 4.65. The van der Waals surface area contributed by atoms with Gasteiger partial charge in [0, 0.05) is 11.7 Å². The summed E-state index contributed by atoms with van der Waals surface area (Å²) in [5, 5.41) is 5.82. The molecule has 1 aromatic rings. The lowest BCUT2D eigenvalue weighted by molar-refractivity contribution is 0.140. The van der Waals surface area contributed by atoms with Crippen molar-refractivity contribution in [1.82, 2.24) is 10.6 Å². The molecule has 130 valence electrons. The van der Waals surface area contributed by atoms with Gasteiger partial charge in [0.25, 0.3) is 0 Å². The first-order valence-corrected chi connectivity index (χ1v) is 8.71. The predicted octanol–water partition coefficient (Wildman–Crippen LogP) is 2.95. The molecule has 0 aromatic heterocycles. The summed E-state index contributed by atoms with van der Waals surface area (Å²) in [4.78, 5) is 25.6. The highest BCUT2D eigenvalue weighted by atomic mass is 16.6. The van der Waals surface area contributed by atoms with E-state index < -0.39 is 0 Å². The second-order valence-electron chi connectivity index (χ2n) is 6.64. The normalized spacial score (nSPS) is 21.5. The average molecular weight is 331 g/mol. The second-order valence-corrected chi connectivity index (χ2v) is 6.64. The topological polar surface area (TPSA) is 70.7 Å². The van der Waals surface area contributed by atoms with Gasteiger partial charge >= 0.3 is 12.1 Å². The minimum Gasteiger partial charge on any atom is -0.442 e. The van der Waals surface area contributed by atoms with E-state index in [1.54, 1.807) is 4.90 Å². The van der Waals surface area contributed by atoms with Gasteiger partial charge in [-0.05, 0) is 31.9 Å². The van der Waals surface area contributed by atoms with Gasteiger partial charge < -0.3 is 15.4 Å². The molecule has 2 N–H and O–H groups in total. The van der Waals surface area contributed by atoms with E-state index in [1.807, 2.05) is 31.2 Å². The summed E-state index contributed by atoms with van der Waals surface area (Å²) in [6.45, 7) is 2.78. The number of hydrogen-bond donors (Lipinski definition) is 2. The molecule has 0 unspecified atom stereocenters. The largest absolute Gasteiger partial charge is 0.442 e. The van der Waals surface area contributed by atoms with E-state index in [0.717, 1.165) is 24.1 Å². The van der Waals surface area contributed by atoms with Crippen molar-refractivity contribution in [3.05, 3.63) is 29.8 Å². The quantitative estimate of drug-likeness (QED) is 0.891. The minimum absolute atomic E-state index is 0.174. The van der Waals surface area contributed by atoms with Crippen LogP contribution in [-0.2, 0) is 4.74 Å². The van der Waals surface area contributed by atoms with Crippen molar-refractivity contribution in [3.63, 3.8) is 0 Å².